The van der Waals surface area contributed by atoms with Gasteiger partial charge < -0.3 is 69.6 Å². The minimum atomic E-state index is -1.82. The molecule has 0 aromatic carbocycles. The molecule has 14 atom stereocenters. The van der Waals surface area contributed by atoms with E-state index < -0.39 is 99.2 Å². The summed E-state index contributed by atoms with van der Waals surface area (Å²) in [7, 11) is 0. The zero-order chi connectivity index (χ0) is 23.0. The first-order chi connectivity index (χ1) is 14.6. The molecule has 14 nitrogen and oxygen atoms in total. The van der Waals surface area contributed by atoms with Crippen LogP contribution in [0, 0.1) is 0 Å². The SMILES string of the molecule is C[C@@H]1O[C@@H](O[C@H]2C(O)O[C@H](CO)[C@@H](O)[C@@H]2O[C@@H]2OC[C@@H](O)[C@H](O)[C@H]2O)[C@H](O)[C@H](O)[C@H]1O. The van der Waals surface area contributed by atoms with E-state index in [0.29, 0.717) is 0 Å². The molecule has 0 spiro atoms. The van der Waals surface area contributed by atoms with Crippen molar-refractivity contribution in [3.63, 3.8) is 0 Å². The van der Waals surface area contributed by atoms with Crippen LogP contribution in [0.25, 0.3) is 0 Å². The Kier molecular flexibility index (Phi) is 8.21. The van der Waals surface area contributed by atoms with Crippen molar-refractivity contribution < 1.29 is 69.6 Å². The summed E-state index contributed by atoms with van der Waals surface area (Å²) < 4.78 is 26.6. The smallest absolute Gasteiger partial charge is 0.187 e. The van der Waals surface area contributed by atoms with Crippen LogP contribution in [0.3, 0.4) is 0 Å². The molecule has 182 valence electrons. The number of ether oxygens (including phenoxy) is 5. The first kappa shape index (κ1) is 25.1. The number of rotatable bonds is 5. The average Bonchev–Trinajstić information content (AvgIpc) is 2.74. The molecule has 3 saturated heterocycles. The monoisotopic (exact) mass is 458 g/mol. The predicted octanol–water partition coefficient (Wildman–Crippen LogP) is -5.91. The number of aliphatic hydroxyl groups is 9. The van der Waals surface area contributed by atoms with Crippen molar-refractivity contribution in [2.24, 2.45) is 0 Å². The van der Waals surface area contributed by atoms with E-state index in [-0.39, 0.29) is 0 Å². The number of aliphatic hydroxyl groups excluding tert-OH is 9. The van der Waals surface area contributed by atoms with Crippen LogP contribution < -0.4 is 0 Å². The summed E-state index contributed by atoms with van der Waals surface area (Å²) in [6.07, 6.45) is -21.5. The van der Waals surface area contributed by atoms with E-state index >= 15 is 0 Å². The van der Waals surface area contributed by atoms with Crippen LogP contribution in [0.4, 0.5) is 0 Å². The highest BCUT2D eigenvalue weighted by Gasteiger charge is 2.52. The van der Waals surface area contributed by atoms with Crippen LogP contribution in [0.5, 0.6) is 0 Å². The number of hydrogen-bond donors (Lipinski definition) is 9. The fraction of sp³-hybridized carbons (Fsp3) is 1.00. The van der Waals surface area contributed by atoms with Gasteiger partial charge in [0.1, 0.15) is 61.0 Å². The Morgan fingerprint density at radius 3 is 1.97 bits per heavy atom. The van der Waals surface area contributed by atoms with E-state index in [1.54, 1.807) is 0 Å². The molecule has 14 heteroatoms. The standard InChI is InChI=1S/C17H30O14/c1-4-7(20)10(23)12(25)17(28-4)31-14-13(9(22)6(2-18)29-15(14)26)30-16-11(24)8(21)5(19)3-27-16/h4-26H,2-3H2,1H3/t4-,5+,6+,7-,8-,9+,10+,11+,12+,13-,14+,15?,16-,17-/m0/s1. The Balaban J connectivity index is 1.79. The van der Waals surface area contributed by atoms with Gasteiger partial charge in [-0.25, -0.2) is 0 Å². The second kappa shape index (κ2) is 10.1. The molecule has 0 aromatic heterocycles. The minimum absolute atomic E-state index is 0.397. The summed E-state index contributed by atoms with van der Waals surface area (Å²) in [6, 6.07) is 0. The van der Waals surface area contributed by atoms with E-state index in [1.165, 1.54) is 6.92 Å². The Morgan fingerprint density at radius 1 is 0.710 bits per heavy atom. The van der Waals surface area contributed by atoms with Gasteiger partial charge in [0.2, 0.25) is 0 Å². The molecule has 3 rings (SSSR count). The first-order valence-electron chi connectivity index (χ1n) is 9.85. The van der Waals surface area contributed by atoms with Crippen LogP contribution in [-0.2, 0) is 23.7 Å². The molecule has 3 aliphatic rings. The van der Waals surface area contributed by atoms with Crippen molar-refractivity contribution in [1.29, 1.82) is 0 Å². The second-order valence-corrected chi connectivity index (χ2v) is 7.87. The molecule has 1 unspecified atom stereocenters. The minimum Gasteiger partial charge on any atom is -0.394 e. The van der Waals surface area contributed by atoms with Gasteiger partial charge in [0.15, 0.2) is 18.9 Å². The van der Waals surface area contributed by atoms with Gasteiger partial charge in [-0.3, -0.25) is 0 Å². The van der Waals surface area contributed by atoms with Crippen molar-refractivity contribution in [2.75, 3.05) is 13.2 Å². The van der Waals surface area contributed by atoms with E-state index in [4.69, 9.17) is 23.7 Å². The summed E-state index contributed by atoms with van der Waals surface area (Å²) in [4.78, 5) is 0. The van der Waals surface area contributed by atoms with Gasteiger partial charge in [-0.2, -0.15) is 0 Å². The highest BCUT2D eigenvalue weighted by Crippen LogP contribution is 2.31. The van der Waals surface area contributed by atoms with Crippen molar-refractivity contribution >= 4 is 0 Å². The second-order valence-electron chi connectivity index (χ2n) is 7.87. The lowest BCUT2D eigenvalue weighted by Crippen LogP contribution is -2.65. The fourth-order valence-corrected chi connectivity index (χ4v) is 3.69. The van der Waals surface area contributed by atoms with Crippen LogP contribution >= 0.6 is 0 Å². The molecule has 0 aromatic rings. The molecule has 9 N–H and O–H groups in total. The molecule has 0 bridgehead atoms. The van der Waals surface area contributed by atoms with Crippen molar-refractivity contribution in [1.82, 2.24) is 0 Å². The van der Waals surface area contributed by atoms with Crippen molar-refractivity contribution in [2.45, 2.75) is 92.9 Å². The van der Waals surface area contributed by atoms with Crippen LogP contribution in [-0.4, -0.2) is 145 Å². The highest BCUT2D eigenvalue weighted by molar-refractivity contribution is 4.95. The Morgan fingerprint density at radius 2 is 1.32 bits per heavy atom. The van der Waals surface area contributed by atoms with Gasteiger partial charge in [0.05, 0.1) is 19.3 Å². The van der Waals surface area contributed by atoms with E-state index in [2.05, 4.69) is 0 Å². The molecular formula is C17H30O14. The Bertz CT molecular complexity index is 581. The van der Waals surface area contributed by atoms with Crippen LogP contribution in [0.15, 0.2) is 0 Å². The van der Waals surface area contributed by atoms with Crippen LogP contribution in [0.1, 0.15) is 6.92 Å². The van der Waals surface area contributed by atoms with Crippen LogP contribution in [0.2, 0.25) is 0 Å². The molecule has 0 radical (unpaired) electrons. The molecule has 3 fully saturated rings. The maximum Gasteiger partial charge on any atom is 0.187 e. The normalized spacial score (nSPS) is 54.0. The lowest BCUT2D eigenvalue weighted by molar-refractivity contribution is -0.381. The van der Waals surface area contributed by atoms with Gasteiger partial charge in [0, 0.05) is 0 Å². The quantitative estimate of drug-likeness (QED) is 0.187. The third-order valence-electron chi connectivity index (χ3n) is 5.66. The molecule has 31 heavy (non-hydrogen) atoms. The first-order valence-corrected chi connectivity index (χ1v) is 9.85. The molecule has 0 saturated carbocycles. The van der Waals surface area contributed by atoms with Gasteiger partial charge in [-0.1, -0.05) is 0 Å². The zero-order valence-corrected chi connectivity index (χ0v) is 16.6. The maximum absolute atomic E-state index is 10.6. The molecule has 0 aliphatic carbocycles. The summed E-state index contributed by atoms with van der Waals surface area (Å²) >= 11 is 0. The third-order valence-corrected chi connectivity index (χ3v) is 5.66. The Hall–Kier alpha value is -0.560. The third kappa shape index (κ3) is 5.02. The van der Waals surface area contributed by atoms with Gasteiger partial charge >= 0.3 is 0 Å². The Labute approximate surface area is 176 Å². The summed E-state index contributed by atoms with van der Waals surface area (Å²) in [5.74, 6) is 0. The van der Waals surface area contributed by atoms with Gasteiger partial charge in [-0.05, 0) is 6.92 Å². The molecular weight excluding hydrogens is 428 g/mol. The zero-order valence-electron chi connectivity index (χ0n) is 16.6. The van der Waals surface area contributed by atoms with E-state index in [0.717, 1.165) is 0 Å². The lowest BCUT2D eigenvalue weighted by Gasteiger charge is -2.47. The highest BCUT2D eigenvalue weighted by atomic mass is 16.8. The fourth-order valence-electron chi connectivity index (χ4n) is 3.69. The molecule has 3 heterocycles. The summed E-state index contributed by atoms with van der Waals surface area (Å²) in [6.45, 7) is 0.296. The summed E-state index contributed by atoms with van der Waals surface area (Å²) in [5.41, 5.74) is 0. The topological polar surface area (TPSA) is 228 Å². The lowest BCUT2D eigenvalue weighted by atomic mass is 9.97. The van der Waals surface area contributed by atoms with Gasteiger partial charge in [-0.15, -0.1) is 0 Å². The average molecular weight is 458 g/mol. The number of hydrogen-bond acceptors (Lipinski definition) is 14. The molecule has 0 amide bonds. The largest absolute Gasteiger partial charge is 0.394 e. The van der Waals surface area contributed by atoms with Crippen molar-refractivity contribution in [3.05, 3.63) is 0 Å². The predicted molar refractivity (Wildman–Crippen MR) is 93.8 cm³/mol. The van der Waals surface area contributed by atoms with E-state index in [1.807, 2.05) is 0 Å². The van der Waals surface area contributed by atoms with Crippen molar-refractivity contribution in [3.8, 4) is 0 Å². The van der Waals surface area contributed by atoms with E-state index in [9.17, 15) is 46.0 Å². The van der Waals surface area contributed by atoms with Gasteiger partial charge in [0.25, 0.3) is 0 Å². The maximum atomic E-state index is 10.6. The molecule has 3 aliphatic heterocycles. The summed E-state index contributed by atoms with van der Waals surface area (Å²) in [5, 5.41) is 89.8.